The second kappa shape index (κ2) is 6.05. The second-order valence-corrected chi connectivity index (χ2v) is 6.15. The Morgan fingerprint density at radius 1 is 1.22 bits per heavy atom. The minimum absolute atomic E-state index is 0.0817. The maximum atomic E-state index is 12.4. The first-order valence-electron chi connectivity index (χ1n) is 7.45. The number of benzene rings is 1. The summed E-state index contributed by atoms with van der Waals surface area (Å²) < 4.78 is 1.98. The van der Waals surface area contributed by atoms with E-state index in [0.717, 1.165) is 33.8 Å². The fourth-order valence-electron chi connectivity index (χ4n) is 2.65. The lowest BCUT2D eigenvalue weighted by atomic mass is 10.2. The lowest BCUT2D eigenvalue weighted by molar-refractivity contribution is -0.115. The van der Waals surface area contributed by atoms with E-state index in [1.807, 2.05) is 55.6 Å². The quantitative estimate of drug-likeness (QED) is 0.787. The van der Waals surface area contributed by atoms with Crippen LogP contribution in [0.25, 0.3) is 5.65 Å². The van der Waals surface area contributed by atoms with Gasteiger partial charge in [0.05, 0.1) is 17.8 Å². The maximum Gasteiger partial charge on any atom is 0.230 e. The molecule has 0 saturated heterocycles. The molecule has 1 aromatic carbocycles. The Bertz CT molecular complexity index is 899. The first-order chi connectivity index (χ1) is 11.0. The molecule has 118 valence electrons. The smallest absolute Gasteiger partial charge is 0.230 e. The van der Waals surface area contributed by atoms with Crippen LogP contribution in [0.5, 0.6) is 0 Å². The SMILES string of the molecule is Cc1ccc(Cl)cc1NC(=O)Cc1c(C)nc2c(C)cccn12. The summed E-state index contributed by atoms with van der Waals surface area (Å²) in [5.74, 6) is -0.0817. The molecule has 0 atom stereocenters. The number of amides is 1. The van der Waals surface area contributed by atoms with Gasteiger partial charge in [0, 0.05) is 16.9 Å². The van der Waals surface area contributed by atoms with E-state index in [-0.39, 0.29) is 12.3 Å². The van der Waals surface area contributed by atoms with Crippen LogP contribution in [0.2, 0.25) is 5.02 Å². The first kappa shape index (κ1) is 15.6. The van der Waals surface area contributed by atoms with Gasteiger partial charge < -0.3 is 9.72 Å². The minimum Gasteiger partial charge on any atom is -0.325 e. The van der Waals surface area contributed by atoms with E-state index in [1.54, 1.807) is 6.07 Å². The molecule has 0 aliphatic rings. The van der Waals surface area contributed by atoms with Crippen LogP contribution in [0.15, 0.2) is 36.5 Å². The molecule has 0 radical (unpaired) electrons. The molecule has 4 nitrogen and oxygen atoms in total. The summed E-state index contributed by atoms with van der Waals surface area (Å²) in [4.78, 5) is 17.0. The Labute approximate surface area is 140 Å². The number of nitrogens with one attached hydrogen (secondary N) is 1. The fourth-order valence-corrected chi connectivity index (χ4v) is 2.83. The molecular formula is C18H18ClN3O. The number of carbonyl (C=O) groups excluding carboxylic acids is 1. The standard InChI is InChI=1S/C18H18ClN3O/c1-11-6-7-14(19)9-15(11)21-17(23)10-16-13(3)20-18-12(2)5-4-8-22(16)18/h4-9H,10H2,1-3H3,(H,21,23). The average Bonchev–Trinajstić information content (AvgIpc) is 2.81. The van der Waals surface area contributed by atoms with E-state index < -0.39 is 0 Å². The van der Waals surface area contributed by atoms with Gasteiger partial charge in [0.25, 0.3) is 0 Å². The Morgan fingerprint density at radius 2 is 2.00 bits per heavy atom. The van der Waals surface area contributed by atoms with Gasteiger partial charge in [0.15, 0.2) is 0 Å². The number of anilines is 1. The molecule has 0 unspecified atom stereocenters. The summed E-state index contributed by atoms with van der Waals surface area (Å²) in [6, 6.07) is 9.44. The van der Waals surface area contributed by atoms with Gasteiger partial charge in [-0.2, -0.15) is 0 Å². The minimum atomic E-state index is -0.0817. The summed E-state index contributed by atoms with van der Waals surface area (Å²) in [6.07, 6.45) is 2.21. The summed E-state index contributed by atoms with van der Waals surface area (Å²) in [5.41, 5.74) is 5.48. The van der Waals surface area contributed by atoms with Gasteiger partial charge in [-0.3, -0.25) is 4.79 Å². The molecule has 0 aliphatic heterocycles. The molecule has 5 heteroatoms. The number of carbonyl (C=O) groups is 1. The van der Waals surface area contributed by atoms with Crippen molar-refractivity contribution < 1.29 is 4.79 Å². The molecule has 1 N–H and O–H groups in total. The van der Waals surface area contributed by atoms with Gasteiger partial charge in [-0.25, -0.2) is 4.98 Å². The van der Waals surface area contributed by atoms with Crippen LogP contribution >= 0.6 is 11.6 Å². The fraction of sp³-hybridized carbons (Fsp3) is 0.222. The number of pyridine rings is 1. The van der Waals surface area contributed by atoms with Gasteiger partial charge in [0.1, 0.15) is 5.65 Å². The Morgan fingerprint density at radius 3 is 2.78 bits per heavy atom. The summed E-state index contributed by atoms with van der Waals surface area (Å²) >= 11 is 6.00. The highest BCUT2D eigenvalue weighted by Gasteiger charge is 2.14. The second-order valence-electron chi connectivity index (χ2n) is 5.71. The third kappa shape index (κ3) is 3.08. The van der Waals surface area contributed by atoms with E-state index in [9.17, 15) is 4.79 Å². The van der Waals surface area contributed by atoms with Crippen molar-refractivity contribution in [2.45, 2.75) is 27.2 Å². The molecule has 23 heavy (non-hydrogen) atoms. The van der Waals surface area contributed by atoms with Crippen LogP contribution in [0.4, 0.5) is 5.69 Å². The normalized spacial score (nSPS) is 11.0. The van der Waals surface area contributed by atoms with E-state index in [4.69, 9.17) is 11.6 Å². The molecule has 0 saturated carbocycles. The van der Waals surface area contributed by atoms with Crippen molar-refractivity contribution in [3.8, 4) is 0 Å². The number of nitrogens with zero attached hydrogens (tertiary/aromatic N) is 2. The van der Waals surface area contributed by atoms with Crippen molar-refractivity contribution in [2.24, 2.45) is 0 Å². The molecule has 0 bridgehead atoms. The number of aromatic nitrogens is 2. The summed E-state index contributed by atoms with van der Waals surface area (Å²) in [5, 5.41) is 3.54. The predicted molar refractivity (Wildman–Crippen MR) is 93.2 cm³/mol. The molecule has 2 aromatic heterocycles. The zero-order valence-electron chi connectivity index (χ0n) is 13.4. The number of hydrogen-bond acceptors (Lipinski definition) is 2. The van der Waals surface area contributed by atoms with Gasteiger partial charge >= 0.3 is 0 Å². The molecule has 2 heterocycles. The monoisotopic (exact) mass is 327 g/mol. The molecule has 1 amide bonds. The lowest BCUT2D eigenvalue weighted by Gasteiger charge is -2.09. The van der Waals surface area contributed by atoms with Crippen LogP contribution in [-0.2, 0) is 11.2 Å². The number of aryl methyl sites for hydroxylation is 3. The topological polar surface area (TPSA) is 46.4 Å². The Balaban J connectivity index is 1.87. The van der Waals surface area contributed by atoms with Crippen molar-refractivity contribution >= 4 is 28.8 Å². The van der Waals surface area contributed by atoms with Crippen molar-refractivity contribution in [2.75, 3.05) is 5.32 Å². The van der Waals surface area contributed by atoms with Crippen molar-refractivity contribution in [3.63, 3.8) is 0 Å². The predicted octanol–water partition coefficient (Wildman–Crippen LogP) is 4.09. The highest BCUT2D eigenvalue weighted by molar-refractivity contribution is 6.31. The summed E-state index contributed by atoms with van der Waals surface area (Å²) in [6.45, 7) is 5.88. The number of imidazole rings is 1. The average molecular weight is 328 g/mol. The van der Waals surface area contributed by atoms with Crippen molar-refractivity contribution in [1.29, 1.82) is 0 Å². The number of hydrogen-bond donors (Lipinski definition) is 1. The molecule has 0 spiro atoms. The molecule has 0 aliphatic carbocycles. The zero-order valence-corrected chi connectivity index (χ0v) is 14.1. The number of rotatable bonds is 3. The third-order valence-electron chi connectivity index (χ3n) is 3.95. The van der Waals surface area contributed by atoms with Crippen molar-refractivity contribution in [1.82, 2.24) is 9.38 Å². The Kier molecular flexibility index (Phi) is 4.09. The first-order valence-corrected chi connectivity index (χ1v) is 7.82. The van der Waals surface area contributed by atoms with E-state index in [1.165, 1.54) is 0 Å². The van der Waals surface area contributed by atoms with Gasteiger partial charge in [-0.15, -0.1) is 0 Å². The van der Waals surface area contributed by atoms with Crippen molar-refractivity contribution in [3.05, 3.63) is 64.1 Å². The number of halogens is 1. The van der Waals surface area contributed by atoms with Gasteiger partial charge in [-0.1, -0.05) is 23.7 Å². The van der Waals surface area contributed by atoms with Crippen LogP contribution in [0.1, 0.15) is 22.5 Å². The van der Waals surface area contributed by atoms with E-state index in [0.29, 0.717) is 5.02 Å². The highest BCUT2D eigenvalue weighted by Crippen LogP contribution is 2.21. The van der Waals surface area contributed by atoms with Gasteiger partial charge in [0.2, 0.25) is 5.91 Å². The number of fused-ring (bicyclic) bond motifs is 1. The molecule has 0 fully saturated rings. The largest absolute Gasteiger partial charge is 0.325 e. The Hall–Kier alpha value is -2.33. The van der Waals surface area contributed by atoms with Crippen LogP contribution in [0, 0.1) is 20.8 Å². The zero-order chi connectivity index (χ0) is 16.6. The van der Waals surface area contributed by atoms with Crippen LogP contribution < -0.4 is 5.32 Å². The van der Waals surface area contributed by atoms with Crippen LogP contribution in [-0.4, -0.2) is 15.3 Å². The lowest BCUT2D eigenvalue weighted by Crippen LogP contribution is -2.16. The highest BCUT2D eigenvalue weighted by atomic mass is 35.5. The molecular weight excluding hydrogens is 310 g/mol. The van der Waals surface area contributed by atoms with Crippen LogP contribution in [0.3, 0.4) is 0 Å². The third-order valence-corrected chi connectivity index (χ3v) is 4.18. The summed E-state index contributed by atoms with van der Waals surface area (Å²) in [7, 11) is 0. The molecule has 3 aromatic rings. The molecule has 3 rings (SSSR count). The maximum absolute atomic E-state index is 12.4. The van der Waals surface area contributed by atoms with E-state index in [2.05, 4.69) is 10.3 Å². The van der Waals surface area contributed by atoms with Gasteiger partial charge in [-0.05, 0) is 50.1 Å². The van der Waals surface area contributed by atoms with E-state index >= 15 is 0 Å².